The fourth-order valence-electron chi connectivity index (χ4n) is 4.74. The third-order valence-corrected chi connectivity index (χ3v) is 6.47. The molecule has 0 saturated heterocycles. The van der Waals surface area contributed by atoms with E-state index in [9.17, 15) is 4.79 Å². The molecule has 6 heteroatoms. The molecule has 2 heterocycles. The van der Waals surface area contributed by atoms with E-state index < -0.39 is 5.92 Å². The van der Waals surface area contributed by atoms with Crippen molar-refractivity contribution in [1.29, 1.82) is 0 Å². The van der Waals surface area contributed by atoms with Gasteiger partial charge in [0.2, 0.25) is 0 Å². The van der Waals surface area contributed by atoms with Gasteiger partial charge in [0, 0.05) is 45.9 Å². The predicted molar refractivity (Wildman–Crippen MR) is 112 cm³/mol. The molecular weight excluding hydrogens is 389 g/mol. The summed E-state index contributed by atoms with van der Waals surface area (Å²) < 4.78 is 16.5. The lowest BCUT2D eigenvalue weighted by molar-refractivity contribution is 0.0946. The maximum absolute atomic E-state index is 15.1. The van der Waals surface area contributed by atoms with Crippen molar-refractivity contribution in [3.05, 3.63) is 75.9 Å². The highest BCUT2D eigenvalue weighted by Gasteiger charge is 2.37. The van der Waals surface area contributed by atoms with Crippen molar-refractivity contribution in [3.8, 4) is 0 Å². The molecule has 0 radical (unpaired) electrons. The number of dihydropyridines is 1. The van der Waals surface area contributed by atoms with Gasteiger partial charge in [-0.05, 0) is 43.9 Å². The Morgan fingerprint density at radius 3 is 2.69 bits per heavy atom. The molecule has 1 fully saturated rings. The Labute approximate surface area is 175 Å². The highest BCUT2D eigenvalue weighted by Crippen LogP contribution is 2.46. The van der Waals surface area contributed by atoms with Crippen molar-refractivity contribution in [2.45, 2.75) is 51.9 Å². The number of rotatable bonds is 4. The van der Waals surface area contributed by atoms with Crippen molar-refractivity contribution < 1.29 is 9.18 Å². The molecule has 1 aromatic carbocycles. The van der Waals surface area contributed by atoms with Crippen LogP contribution in [0.25, 0.3) is 0 Å². The molecule has 1 atom stereocenters. The van der Waals surface area contributed by atoms with E-state index in [1.165, 1.54) is 42.6 Å². The summed E-state index contributed by atoms with van der Waals surface area (Å²) in [6, 6.07) is 4.71. The number of nitrogens with zero attached hydrogens (tertiary/aromatic N) is 2. The number of benzene rings is 1. The summed E-state index contributed by atoms with van der Waals surface area (Å²) in [4.78, 5) is 17.4. The topological polar surface area (TPSA) is 46.9 Å². The normalized spacial score (nSPS) is 20.3. The van der Waals surface area contributed by atoms with Gasteiger partial charge >= 0.3 is 0 Å². The minimum absolute atomic E-state index is 0.215. The lowest BCUT2D eigenvalue weighted by Crippen LogP contribution is -2.31. The number of imidazole rings is 1. The SMILES string of the molecule is CC1=C(CC2CCCC2)C(c2c(F)cccc2Cl)C(C(=O)n2ccnc2)=C(C)N1. The molecule has 152 valence electrons. The van der Waals surface area contributed by atoms with Gasteiger partial charge in [-0.3, -0.25) is 9.36 Å². The largest absolute Gasteiger partial charge is 0.362 e. The van der Waals surface area contributed by atoms with E-state index in [0.717, 1.165) is 23.4 Å². The number of halogens is 2. The molecule has 1 aliphatic carbocycles. The van der Waals surface area contributed by atoms with E-state index in [4.69, 9.17) is 11.6 Å². The van der Waals surface area contributed by atoms with Crippen molar-refractivity contribution in [2.75, 3.05) is 0 Å². The Bertz CT molecular complexity index is 967. The molecule has 4 rings (SSSR count). The van der Waals surface area contributed by atoms with Crippen molar-refractivity contribution in [1.82, 2.24) is 14.9 Å². The van der Waals surface area contributed by atoms with Gasteiger partial charge < -0.3 is 5.32 Å². The van der Waals surface area contributed by atoms with Gasteiger partial charge in [-0.2, -0.15) is 0 Å². The lowest BCUT2D eigenvalue weighted by atomic mass is 9.76. The van der Waals surface area contributed by atoms with Crippen molar-refractivity contribution in [2.24, 2.45) is 5.92 Å². The second-order valence-corrected chi connectivity index (χ2v) is 8.42. The zero-order valence-corrected chi connectivity index (χ0v) is 17.5. The molecule has 29 heavy (non-hydrogen) atoms. The van der Waals surface area contributed by atoms with Gasteiger partial charge in [0.1, 0.15) is 12.1 Å². The van der Waals surface area contributed by atoms with E-state index in [1.807, 2.05) is 13.8 Å². The van der Waals surface area contributed by atoms with Crippen LogP contribution in [0.15, 0.2) is 59.5 Å². The molecule has 0 bridgehead atoms. The highest BCUT2D eigenvalue weighted by molar-refractivity contribution is 6.31. The average Bonchev–Trinajstić information content (AvgIpc) is 3.38. The number of nitrogens with one attached hydrogen (secondary N) is 1. The summed E-state index contributed by atoms with van der Waals surface area (Å²) >= 11 is 6.50. The van der Waals surface area contributed by atoms with Gasteiger partial charge in [-0.15, -0.1) is 0 Å². The first-order chi connectivity index (χ1) is 14.0. The fourth-order valence-corrected chi connectivity index (χ4v) is 5.01. The van der Waals surface area contributed by atoms with Gasteiger partial charge in [0.25, 0.3) is 5.91 Å². The average molecular weight is 414 g/mol. The Balaban J connectivity index is 1.86. The van der Waals surface area contributed by atoms with Crippen molar-refractivity contribution in [3.63, 3.8) is 0 Å². The quantitative estimate of drug-likeness (QED) is 0.685. The third-order valence-electron chi connectivity index (χ3n) is 6.14. The Morgan fingerprint density at radius 2 is 2.03 bits per heavy atom. The van der Waals surface area contributed by atoms with Crippen LogP contribution in [-0.4, -0.2) is 15.5 Å². The number of carbonyl (C=O) groups excluding carboxylic acids is 1. The van der Waals surface area contributed by atoms with Gasteiger partial charge in [0.15, 0.2) is 0 Å². The number of aromatic nitrogens is 2. The molecule has 1 unspecified atom stereocenters. The Hall–Kier alpha value is -2.40. The molecule has 0 amide bonds. The van der Waals surface area contributed by atoms with E-state index in [0.29, 0.717) is 22.1 Å². The monoisotopic (exact) mass is 413 g/mol. The van der Waals surface area contributed by atoms with Crippen LogP contribution in [-0.2, 0) is 0 Å². The molecule has 4 nitrogen and oxygen atoms in total. The first-order valence-electron chi connectivity index (χ1n) is 10.1. The maximum Gasteiger partial charge on any atom is 0.261 e. The molecule has 1 aliphatic heterocycles. The van der Waals surface area contributed by atoms with Crippen molar-refractivity contribution >= 4 is 17.5 Å². The molecule has 2 aromatic rings. The number of hydrogen-bond donors (Lipinski definition) is 1. The van der Waals surface area contributed by atoms with E-state index >= 15 is 4.39 Å². The first kappa shape index (κ1) is 19.9. The van der Waals surface area contributed by atoms with Crippen LogP contribution < -0.4 is 5.32 Å². The van der Waals surface area contributed by atoms with E-state index in [-0.39, 0.29) is 11.7 Å². The molecule has 1 saturated carbocycles. The van der Waals surface area contributed by atoms with Crippen LogP contribution in [0.5, 0.6) is 0 Å². The maximum atomic E-state index is 15.1. The molecule has 1 aromatic heterocycles. The summed E-state index contributed by atoms with van der Waals surface area (Å²) in [5.41, 5.74) is 3.67. The summed E-state index contributed by atoms with van der Waals surface area (Å²) in [5.74, 6) is -0.559. The summed E-state index contributed by atoms with van der Waals surface area (Å²) in [7, 11) is 0. The predicted octanol–water partition coefficient (Wildman–Crippen LogP) is 5.83. The van der Waals surface area contributed by atoms with Crippen LogP contribution in [0, 0.1) is 11.7 Å². The Kier molecular flexibility index (Phi) is 5.59. The van der Waals surface area contributed by atoms with E-state index in [2.05, 4.69) is 10.3 Å². The summed E-state index contributed by atoms with van der Waals surface area (Å²) in [5, 5.41) is 3.72. The summed E-state index contributed by atoms with van der Waals surface area (Å²) in [6.07, 6.45) is 10.3. The van der Waals surface area contributed by atoms with E-state index in [1.54, 1.807) is 24.5 Å². The number of allylic oxidation sites excluding steroid dienone is 4. The molecule has 1 N–H and O–H groups in total. The van der Waals surface area contributed by atoms with Crippen LogP contribution >= 0.6 is 11.6 Å². The van der Waals surface area contributed by atoms with Crippen LogP contribution in [0.2, 0.25) is 5.02 Å². The fraction of sp³-hybridized carbons (Fsp3) is 0.391. The number of carbonyl (C=O) groups is 1. The van der Waals surface area contributed by atoms with Crippen LogP contribution in [0.3, 0.4) is 0 Å². The highest BCUT2D eigenvalue weighted by atomic mass is 35.5. The minimum Gasteiger partial charge on any atom is -0.362 e. The van der Waals surface area contributed by atoms with Crippen LogP contribution in [0.1, 0.15) is 62.2 Å². The standard InChI is InChI=1S/C23H25ClFN3O/c1-14-17(12-16-6-3-4-7-16)21(22-18(24)8-5-9-19(22)25)20(15(2)27-14)23(29)28-11-10-26-13-28/h5,8-11,13,16,21,27H,3-4,6-7,12H2,1-2H3. The first-order valence-corrected chi connectivity index (χ1v) is 10.5. The zero-order valence-electron chi connectivity index (χ0n) is 16.7. The number of hydrogen-bond acceptors (Lipinski definition) is 3. The smallest absolute Gasteiger partial charge is 0.261 e. The molecular formula is C23H25ClFN3O. The lowest BCUT2D eigenvalue weighted by Gasteiger charge is -2.34. The second-order valence-electron chi connectivity index (χ2n) is 8.01. The van der Waals surface area contributed by atoms with Crippen LogP contribution in [0.4, 0.5) is 4.39 Å². The molecule has 2 aliphatic rings. The minimum atomic E-state index is -0.513. The second kappa shape index (κ2) is 8.15. The third kappa shape index (κ3) is 3.76. The Morgan fingerprint density at radius 1 is 1.28 bits per heavy atom. The van der Waals surface area contributed by atoms with Gasteiger partial charge in [-0.25, -0.2) is 9.37 Å². The van der Waals surface area contributed by atoms with Gasteiger partial charge in [-0.1, -0.05) is 43.4 Å². The summed E-state index contributed by atoms with van der Waals surface area (Å²) in [6.45, 7) is 3.87. The molecule has 0 spiro atoms. The van der Waals surface area contributed by atoms with Gasteiger partial charge in [0.05, 0.1) is 0 Å². The zero-order chi connectivity index (χ0) is 20.5.